The molecule has 0 aliphatic carbocycles. The molecule has 4 rings (SSSR count). The average molecular weight is 461 g/mol. The summed E-state index contributed by atoms with van der Waals surface area (Å²) in [5.74, 6) is -1.72. The summed E-state index contributed by atoms with van der Waals surface area (Å²) < 4.78 is 14.8. The van der Waals surface area contributed by atoms with E-state index in [-0.39, 0.29) is 33.5 Å². The third-order valence-corrected chi connectivity index (χ3v) is 5.72. The molecule has 3 heterocycles. The van der Waals surface area contributed by atoms with Crippen LogP contribution in [0.25, 0.3) is 0 Å². The molecule has 2 N–H and O–H groups in total. The van der Waals surface area contributed by atoms with Crippen molar-refractivity contribution in [2.45, 2.75) is 12.5 Å². The molecule has 31 heavy (non-hydrogen) atoms. The van der Waals surface area contributed by atoms with Gasteiger partial charge in [-0.3, -0.25) is 10.1 Å². The summed E-state index contributed by atoms with van der Waals surface area (Å²) >= 11 is 11.7. The Morgan fingerprint density at radius 2 is 2.10 bits per heavy atom. The van der Waals surface area contributed by atoms with Crippen LogP contribution in [0.15, 0.2) is 59.4 Å². The number of fused-ring (bicyclic) bond motifs is 1. The number of rotatable bonds is 4. The first kappa shape index (κ1) is 20.9. The van der Waals surface area contributed by atoms with E-state index in [4.69, 9.17) is 28.9 Å². The van der Waals surface area contributed by atoms with Gasteiger partial charge in [0.25, 0.3) is 5.70 Å². The van der Waals surface area contributed by atoms with Crippen LogP contribution in [0, 0.1) is 27.3 Å². The van der Waals surface area contributed by atoms with Crippen molar-refractivity contribution in [1.29, 1.82) is 5.26 Å². The Labute approximate surface area is 186 Å². The zero-order valence-corrected chi connectivity index (χ0v) is 17.4. The minimum Gasteiger partial charge on any atom is -0.384 e. The number of nitriles is 1. The van der Waals surface area contributed by atoms with Crippen LogP contribution in [-0.2, 0) is 6.54 Å². The average Bonchev–Trinajstić information content (AvgIpc) is 3.13. The van der Waals surface area contributed by atoms with E-state index in [0.29, 0.717) is 24.8 Å². The molecule has 1 unspecified atom stereocenters. The maximum atomic E-state index is 14.8. The first-order valence-corrected chi connectivity index (χ1v) is 9.93. The Hall–Kier alpha value is -3.35. The molecule has 0 saturated carbocycles. The predicted octanol–water partition coefficient (Wildman–Crippen LogP) is 3.58. The van der Waals surface area contributed by atoms with Gasteiger partial charge in [0.05, 0.1) is 16.6 Å². The minimum atomic E-state index is -1.27. The highest BCUT2D eigenvalue weighted by Crippen LogP contribution is 2.44. The van der Waals surface area contributed by atoms with E-state index in [9.17, 15) is 19.8 Å². The molecular formula is C20H15Cl2FN6O2. The number of benzene rings is 1. The first-order valence-electron chi connectivity index (χ1n) is 9.18. The van der Waals surface area contributed by atoms with Crippen molar-refractivity contribution in [1.82, 2.24) is 14.8 Å². The quantitative estimate of drug-likeness (QED) is 0.421. The Morgan fingerprint density at radius 1 is 1.32 bits per heavy atom. The maximum Gasteiger partial charge on any atom is 0.299 e. The van der Waals surface area contributed by atoms with Crippen molar-refractivity contribution in [2.75, 3.05) is 13.1 Å². The zero-order chi connectivity index (χ0) is 22.3. The fourth-order valence-electron chi connectivity index (χ4n) is 3.92. The number of allylic oxidation sites excluding steroid dienone is 1. The largest absolute Gasteiger partial charge is 0.384 e. The summed E-state index contributed by atoms with van der Waals surface area (Å²) in [5.41, 5.74) is 6.59. The van der Waals surface area contributed by atoms with Crippen molar-refractivity contribution in [3.63, 3.8) is 0 Å². The fraction of sp³-hybridized carbons (Fsp3) is 0.200. The number of nitrogens with zero attached hydrogens (tertiary/aromatic N) is 5. The monoisotopic (exact) mass is 460 g/mol. The highest BCUT2D eigenvalue weighted by Gasteiger charge is 2.47. The summed E-state index contributed by atoms with van der Waals surface area (Å²) in [6.07, 6.45) is 1.58. The van der Waals surface area contributed by atoms with Crippen LogP contribution in [0.5, 0.6) is 0 Å². The van der Waals surface area contributed by atoms with Gasteiger partial charge in [0.15, 0.2) is 5.82 Å². The molecule has 1 aromatic carbocycles. The van der Waals surface area contributed by atoms with Gasteiger partial charge in [-0.2, -0.15) is 5.26 Å². The Balaban J connectivity index is 1.87. The van der Waals surface area contributed by atoms with E-state index < -0.39 is 16.7 Å². The number of nitro groups is 1. The molecular weight excluding hydrogens is 446 g/mol. The van der Waals surface area contributed by atoms with Crippen molar-refractivity contribution >= 4 is 23.2 Å². The number of nitrogens with two attached hydrogens (primary N) is 1. The molecule has 0 amide bonds. The standard InChI is InChI=1S/C20H15Cl2FN6O2/c21-12-2-3-13(15(23)7-12)17-14(8-24)19(25)28-6-5-27(20(28)18(17)29(30)31)10-11-1-4-16(22)26-9-11/h1-4,7,9,17H,5-6,10,25H2. The second-order valence-corrected chi connectivity index (χ2v) is 7.86. The second-order valence-electron chi connectivity index (χ2n) is 7.04. The number of hydrogen-bond donors (Lipinski definition) is 1. The lowest BCUT2D eigenvalue weighted by Gasteiger charge is -2.32. The molecule has 0 bridgehead atoms. The number of aromatic nitrogens is 1. The second kappa shape index (κ2) is 8.06. The third-order valence-electron chi connectivity index (χ3n) is 5.26. The molecule has 1 saturated heterocycles. The smallest absolute Gasteiger partial charge is 0.299 e. The Kier molecular flexibility index (Phi) is 5.43. The van der Waals surface area contributed by atoms with E-state index in [1.807, 2.05) is 6.07 Å². The lowest BCUT2D eigenvalue weighted by molar-refractivity contribution is -0.432. The normalized spacial score (nSPS) is 18.3. The summed E-state index contributed by atoms with van der Waals surface area (Å²) in [6.45, 7) is 1.07. The van der Waals surface area contributed by atoms with Gasteiger partial charge >= 0.3 is 0 Å². The molecule has 2 aliphatic heterocycles. The van der Waals surface area contributed by atoms with Crippen molar-refractivity contribution in [3.05, 3.63) is 96.7 Å². The SMILES string of the molecule is N#CC1=C(N)N2CCN(Cc3ccc(Cl)nc3)C2=C([N+](=O)[O-])C1c1ccc(Cl)cc1F. The topological polar surface area (TPSA) is 112 Å². The molecule has 8 nitrogen and oxygen atoms in total. The van der Waals surface area contributed by atoms with Gasteiger partial charge in [-0.05, 0) is 23.8 Å². The third kappa shape index (κ3) is 3.65. The van der Waals surface area contributed by atoms with E-state index in [1.54, 1.807) is 23.2 Å². The van der Waals surface area contributed by atoms with Gasteiger partial charge in [0.1, 0.15) is 22.7 Å². The first-order chi connectivity index (χ1) is 14.8. The summed E-state index contributed by atoms with van der Waals surface area (Å²) in [4.78, 5) is 19.0. The van der Waals surface area contributed by atoms with Crippen LogP contribution in [-0.4, -0.2) is 32.8 Å². The molecule has 11 heteroatoms. The van der Waals surface area contributed by atoms with Gasteiger partial charge in [-0.15, -0.1) is 0 Å². The molecule has 1 aromatic heterocycles. The van der Waals surface area contributed by atoms with E-state index in [1.165, 1.54) is 17.0 Å². The van der Waals surface area contributed by atoms with Gasteiger partial charge < -0.3 is 15.5 Å². The molecule has 2 aromatic rings. The fourth-order valence-corrected chi connectivity index (χ4v) is 4.19. The number of halogens is 3. The van der Waals surface area contributed by atoms with Gasteiger partial charge in [-0.1, -0.05) is 35.3 Å². The zero-order valence-electron chi connectivity index (χ0n) is 15.9. The molecule has 0 spiro atoms. The number of pyridine rings is 1. The van der Waals surface area contributed by atoms with E-state index >= 15 is 0 Å². The lowest BCUT2D eigenvalue weighted by atomic mass is 9.86. The Morgan fingerprint density at radius 3 is 2.71 bits per heavy atom. The summed E-state index contributed by atoms with van der Waals surface area (Å²) in [6, 6.07) is 9.16. The Bertz CT molecular complexity index is 1180. The lowest BCUT2D eigenvalue weighted by Crippen LogP contribution is -2.37. The number of hydrogen-bond acceptors (Lipinski definition) is 7. The van der Waals surface area contributed by atoms with Crippen molar-refractivity contribution in [2.24, 2.45) is 5.73 Å². The van der Waals surface area contributed by atoms with Crippen LogP contribution in [0.1, 0.15) is 17.0 Å². The van der Waals surface area contributed by atoms with Crippen LogP contribution >= 0.6 is 23.2 Å². The van der Waals surface area contributed by atoms with Crippen LogP contribution in [0.2, 0.25) is 10.2 Å². The molecule has 1 fully saturated rings. The molecule has 2 aliphatic rings. The molecule has 158 valence electrons. The van der Waals surface area contributed by atoms with Gasteiger partial charge in [-0.25, -0.2) is 9.37 Å². The van der Waals surface area contributed by atoms with Crippen LogP contribution in [0.3, 0.4) is 0 Å². The van der Waals surface area contributed by atoms with Crippen molar-refractivity contribution in [3.8, 4) is 6.07 Å². The predicted molar refractivity (Wildman–Crippen MR) is 111 cm³/mol. The molecule has 1 atom stereocenters. The highest BCUT2D eigenvalue weighted by molar-refractivity contribution is 6.30. The maximum absolute atomic E-state index is 14.8. The molecule has 0 radical (unpaired) electrons. The van der Waals surface area contributed by atoms with Gasteiger partial charge in [0, 0.05) is 36.4 Å². The van der Waals surface area contributed by atoms with Crippen molar-refractivity contribution < 1.29 is 9.31 Å². The highest BCUT2D eigenvalue weighted by atomic mass is 35.5. The minimum absolute atomic E-state index is 0.0391. The van der Waals surface area contributed by atoms with Crippen LogP contribution < -0.4 is 5.73 Å². The summed E-state index contributed by atoms with van der Waals surface area (Å²) in [7, 11) is 0. The van der Waals surface area contributed by atoms with Gasteiger partial charge in [0.2, 0.25) is 0 Å². The van der Waals surface area contributed by atoms with E-state index in [2.05, 4.69) is 4.98 Å². The summed E-state index contributed by atoms with van der Waals surface area (Å²) in [5, 5.41) is 22.4. The van der Waals surface area contributed by atoms with Crippen LogP contribution in [0.4, 0.5) is 4.39 Å². The van der Waals surface area contributed by atoms with E-state index in [0.717, 1.165) is 11.6 Å².